The number of aromatic nitrogens is 4. The fourth-order valence-electron chi connectivity index (χ4n) is 3.24. The second-order valence-corrected chi connectivity index (χ2v) is 7.41. The maximum atomic E-state index is 6.19. The van der Waals surface area contributed by atoms with Crippen molar-refractivity contribution in [3.8, 4) is 28.9 Å². The zero-order chi connectivity index (χ0) is 21.4. The van der Waals surface area contributed by atoms with E-state index in [1.54, 1.807) is 12.1 Å². The van der Waals surface area contributed by atoms with Crippen molar-refractivity contribution >= 4 is 11.6 Å². The number of hydrogen-bond donors (Lipinski definition) is 0. The number of fused-ring (bicyclic) bond motifs is 1. The van der Waals surface area contributed by atoms with Gasteiger partial charge >= 0.3 is 0 Å². The number of benzene rings is 1. The highest BCUT2D eigenvalue weighted by atomic mass is 35.5. The van der Waals surface area contributed by atoms with Gasteiger partial charge in [-0.3, -0.25) is 4.68 Å². The Hall–Kier alpha value is -3.46. The van der Waals surface area contributed by atoms with Crippen LogP contribution in [0.2, 0.25) is 5.02 Å². The Morgan fingerprint density at radius 2 is 1.94 bits per heavy atom. The number of nitrogens with zero attached hydrogens (tertiary/aromatic N) is 4. The second kappa shape index (κ2) is 7.99. The van der Waals surface area contributed by atoms with Gasteiger partial charge in [-0.1, -0.05) is 11.6 Å². The molecule has 10 heteroatoms. The first kappa shape index (κ1) is 19.5. The number of aryl methyl sites for hydroxylation is 3. The summed E-state index contributed by atoms with van der Waals surface area (Å²) in [5.74, 6) is 3.96. The number of ether oxygens (including phenoxy) is 3. The van der Waals surface area contributed by atoms with Crippen LogP contribution in [-0.2, 0) is 19.6 Å². The van der Waals surface area contributed by atoms with E-state index in [2.05, 4.69) is 15.3 Å². The monoisotopic (exact) mass is 442 g/mol. The van der Waals surface area contributed by atoms with E-state index in [1.807, 2.05) is 36.7 Å². The van der Waals surface area contributed by atoms with Crippen LogP contribution in [0.3, 0.4) is 0 Å². The van der Waals surface area contributed by atoms with Crippen LogP contribution in [0.4, 0.5) is 0 Å². The lowest BCUT2D eigenvalue weighted by Gasteiger charge is -2.05. The van der Waals surface area contributed by atoms with E-state index in [4.69, 9.17) is 34.6 Å². The molecule has 1 aliphatic rings. The Labute approximate surface area is 182 Å². The van der Waals surface area contributed by atoms with Gasteiger partial charge in [-0.2, -0.15) is 5.10 Å². The Morgan fingerprint density at radius 3 is 2.77 bits per heavy atom. The van der Waals surface area contributed by atoms with Crippen LogP contribution in [0, 0.1) is 13.8 Å². The Kier molecular flexibility index (Phi) is 5.03. The molecule has 1 aromatic carbocycles. The first-order chi connectivity index (χ1) is 15.1. The van der Waals surface area contributed by atoms with Crippen LogP contribution in [-0.4, -0.2) is 26.8 Å². The predicted octanol–water partition coefficient (Wildman–Crippen LogP) is 4.35. The first-order valence-electron chi connectivity index (χ1n) is 9.70. The summed E-state index contributed by atoms with van der Waals surface area (Å²) in [6, 6.07) is 9.00. The summed E-state index contributed by atoms with van der Waals surface area (Å²) >= 11 is 6.19. The van der Waals surface area contributed by atoms with Crippen molar-refractivity contribution in [3.05, 3.63) is 58.4 Å². The van der Waals surface area contributed by atoms with E-state index in [-0.39, 0.29) is 13.4 Å². The van der Waals surface area contributed by atoms with Gasteiger partial charge in [0.25, 0.3) is 5.89 Å². The second-order valence-electron chi connectivity index (χ2n) is 7.03. The van der Waals surface area contributed by atoms with Crippen LogP contribution < -0.4 is 14.2 Å². The van der Waals surface area contributed by atoms with Crippen LogP contribution >= 0.6 is 11.6 Å². The van der Waals surface area contributed by atoms with E-state index in [0.29, 0.717) is 58.5 Å². The van der Waals surface area contributed by atoms with Crippen LogP contribution in [0.1, 0.15) is 23.0 Å². The standard InChI is InChI=1S/C21H19ClN4O5/c1-12-20(22)13(2)26(25-12)8-7-19-23-24-21(31-19)17-6-4-15(30-17)10-27-14-3-5-16-18(9-14)29-11-28-16/h3-6,9H,7-8,10-11H2,1-2H3. The molecular formula is C21H19ClN4O5. The van der Waals surface area contributed by atoms with Gasteiger partial charge < -0.3 is 23.0 Å². The molecule has 4 aromatic rings. The lowest BCUT2D eigenvalue weighted by molar-refractivity contribution is 0.173. The molecule has 4 heterocycles. The third-order valence-corrected chi connectivity index (χ3v) is 5.44. The van der Waals surface area contributed by atoms with E-state index < -0.39 is 0 Å². The maximum absolute atomic E-state index is 6.19. The summed E-state index contributed by atoms with van der Waals surface area (Å²) in [6.45, 7) is 4.87. The van der Waals surface area contributed by atoms with Crippen molar-refractivity contribution < 1.29 is 23.0 Å². The largest absolute Gasteiger partial charge is 0.486 e. The molecule has 0 saturated carbocycles. The van der Waals surface area contributed by atoms with E-state index >= 15 is 0 Å². The molecule has 0 amide bonds. The summed E-state index contributed by atoms with van der Waals surface area (Å²) < 4.78 is 29.8. The van der Waals surface area contributed by atoms with E-state index in [0.717, 1.165) is 11.4 Å². The molecule has 0 unspecified atom stereocenters. The minimum atomic E-state index is 0.224. The molecule has 160 valence electrons. The van der Waals surface area contributed by atoms with Crippen LogP contribution in [0.15, 0.2) is 39.2 Å². The zero-order valence-electron chi connectivity index (χ0n) is 16.9. The highest BCUT2D eigenvalue weighted by molar-refractivity contribution is 6.31. The molecule has 0 aliphatic carbocycles. The fourth-order valence-corrected chi connectivity index (χ4v) is 3.38. The molecule has 0 N–H and O–H groups in total. The molecule has 9 nitrogen and oxygen atoms in total. The lowest BCUT2D eigenvalue weighted by Crippen LogP contribution is -2.05. The van der Waals surface area contributed by atoms with E-state index in [9.17, 15) is 0 Å². The van der Waals surface area contributed by atoms with Gasteiger partial charge in [-0.05, 0) is 38.1 Å². The smallest absolute Gasteiger partial charge is 0.283 e. The topological polar surface area (TPSA) is 97.6 Å². The molecule has 0 spiro atoms. The lowest BCUT2D eigenvalue weighted by atomic mass is 10.3. The molecule has 0 saturated heterocycles. The average molecular weight is 443 g/mol. The predicted molar refractivity (Wildman–Crippen MR) is 109 cm³/mol. The third kappa shape index (κ3) is 3.96. The summed E-state index contributed by atoms with van der Waals surface area (Å²) in [6.07, 6.45) is 0.534. The average Bonchev–Trinajstić information content (AvgIpc) is 3.55. The SMILES string of the molecule is Cc1nn(CCc2nnc(-c3ccc(COc4ccc5c(c4)OCO5)o3)o2)c(C)c1Cl. The minimum Gasteiger partial charge on any atom is -0.486 e. The van der Waals surface area contributed by atoms with Gasteiger partial charge in [0.15, 0.2) is 17.3 Å². The van der Waals surface area contributed by atoms with Gasteiger partial charge in [0.05, 0.1) is 16.4 Å². The number of furan rings is 1. The van der Waals surface area contributed by atoms with Gasteiger partial charge in [0.2, 0.25) is 12.7 Å². The molecule has 31 heavy (non-hydrogen) atoms. The quantitative estimate of drug-likeness (QED) is 0.416. The van der Waals surface area contributed by atoms with Crippen molar-refractivity contribution in [2.45, 2.75) is 33.4 Å². The number of halogens is 1. The molecule has 5 rings (SSSR count). The Bertz CT molecular complexity index is 1230. The molecule has 0 atom stereocenters. The van der Waals surface area contributed by atoms with Crippen molar-refractivity contribution in [3.63, 3.8) is 0 Å². The van der Waals surface area contributed by atoms with Crippen molar-refractivity contribution in [1.82, 2.24) is 20.0 Å². The van der Waals surface area contributed by atoms with E-state index in [1.165, 1.54) is 0 Å². The maximum Gasteiger partial charge on any atom is 0.283 e. The highest BCUT2D eigenvalue weighted by Gasteiger charge is 2.16. The van der Waals surface area contributed by atoms with Crippen molar-refractivity contribution in [1.29, 1.82) is 0 Å². The Balaban J connectivity index is 1.20. The minimum absolute atomic E-state index is 0.224. The normalized spacial score (nSPS) is 12.5. The number of hydrogen-bond acceptors (Lipinski definition) is 8. The molecule has 3 aromatic heterocycles. The van der Waals surface area contributed by atoms with Gasteiger partial charge in [-0.15, -0.1) is 10.2 Å². The summed E-state index contributed by atoms with van der Waals surface area (Å²) in [4.78, 5) is 0. The summed E-state index contributed by atoms with van der Waals surface area (Å²) in [5.41, 5.74) is 1.72. The molecular weight excluding hydrogens is 424 g/mol. The first-order valence-corrected chi connectivity index (χ1v) is 10.1. The van der Waals surface area contributed by atoms with Crippen molar-refractivity contribution in [2.24, 2.45) is 0 Å². The van der Waals surface area contributed by atoms with Gasteiger partial charge in [0.1, 0.15) is 18.1 Å². The summed E-state index contributed by atoms with van der Waals surface area (Å²) in [5, 5.41) is 13.3. The van der Waals surface area contributed by atoms with Gasteiger partial charge in [0, 0.05) is 19.0 Å². The van der Waals surface area contributed by atoms with Gasteiger partial charge in [-0.25, -0.2) is 0 Å². The molecule has 0 bridgehead atoms. The zero-order valence-corrected chi connectivity index (χ0v) is 17.7. The summed E-state index contributed by atoms with van der Waals surface area (Å²) in [7, 11) is 0. The Morgan fingerprint density at radius 1 is 1.06 bits per heavy atom. The third-order valence-electron chi connectivity index (χ3n) is 4.90. The van der Waals surface area contributed by atoms with Crippen LogP contribution in [0.5, 0.6) is 17.2 Å². The molecule has 0 radical (unpaired) electrons. The fraction of sp³-hybridized carbons (Fsp3) is 0.286. The molecule has 1 aliphatic heterocycles. The number of rotatable bonds is 7. The van der Waals surface area contributed by atoms with Crippen molar-refractivity contribution in [2.75, 3.05) is 6.79 Å². The molecule has 0 fully saturated rings. The highest BCUT2D eigenvalue weighted by Crippen LogP contribution is 2.35. The van der Waals surface area contributed by atoms with Crippen LogP contribution in [0.25, 0.3) is 11.7 Å².